The summed E-state index contributed by atoms with van der Waals surface area (Å²) in [5.41, 5.74) is 5.48. The van der Waals surface area contributed by atoms with Gasteiger partial charge in [-0.3, -0.25) is 4.79 Å². The molecule has 6 nitrogen and oxygen atoms in total. The average Bonchev–Trinajstić information content (AvgIpc) is 3.16. The number of aromatic nitrogens is 3. The number of hydrogen-bond acceptors (Lipinski definition) is 4. The molecule has 142 valence electrons. The minimum absolute atomic E-state index is 0.148. The van der Waals surface area contributed by atoms with Gasteiger partial charge in [0.2, 0.25) is 5.95 Å². The smallest absolute Gasteiger partial charge is 0.255 e. The first-order chi connectivity index (χ1) is 13.6. The maximum Gasteiger partial charge on any atom is 0.255 e. The number of allylic oxidation sites excluding steroid dienone is 1. The number of fused-ring (bicyclic) bond motifs is 1. The SMILES string of the molecule is CCc1ccc(C2C(C(=O)Nc3ccccc3C)=C(C)Nc3ncnn32)cc1. The van der Waals surface area contributed by atoms with Gasteiger partial charge in [-0.2, -0.15) is 10.1 Å². The van der Waals surface area contributed by atoms with Crippen LogP contribution in [0.5, 0.6) is 0 Å². The molecule has 1 amide bonds. The quantitative estimate of drug-likeness (QED) is 0.723. The van der Waals surface area contributed by atoms with Crippen LogP contribution in [-0.4, -0.2) is 20.7 Å². The van der Waals surface area contributed by atoms with Gasteiger partial charge in [0.15, 0.2) is 0 Å². The van der Waals surface area contributed by atoms with E-state index in [-0.39, 0.29) is 11.9 Å². The van der Waals surface area contributed by atoms with Gasteiger partial charge in [-0.25, -0.2) is 4.68 Å². The molecule has 6 heteroatoms. The minimum Gasteiger partial charge on any atom is -0.328 e. The van der Waals surface area contributed by atoms with E-state index in [1.54, 1.807) is 4.68 Å². The summed E-state index contributed by atoms with van der Waals surface area (Å²) in [6, 6.07) is 15.7. The number of carbonyl (C=O) groups excluding carboxylic acids is 1. The van der Waals surface area contributed by atoms with Gasteiger partial charge in [-0.1, -0.05) is 49.4 Å². The summed E-state index contributed by atoms with van der Waals surface area (Å²) in [4.78, 5) is 17.6. The lowest BCUT2D eigenvalue weighted by atomic mass is 9.94. The van der Waals surface area contributed by atoms with E-state index in [1.165, 1.54) is 11.9 Å². The van der Waals surface area contributed by atoms with E-state index in [0.717, 1.165) is 28.9 Å². The van der Waals surface area contributed by atoms with E-state index in [9.17, 15) is 4.79 Å². The van der Waals surface area contributed by atoms with Crippen LogP contribution in [0, 0.1) is 6.92 Å². The van der Waals surface area contributed by atoms with Crippen LogP contribution in [0.25, 0.3) is 0 Å². The third kappa shape index (κ3) is 3.17. The first-order valence-electron chi connectivity index (χ1n) is 9.41. The summed E-state index contributed by atoms with van der Waals surface area (Å²) in [6.07, 6.45) is 2.47. The number of carbonyl (C=O) groups is 1. The minimum atomic E-state index is -0.339. The lowest BCUT2D eigenvalue weighted by Crippen LogP contribution is -2.31. The van der Waals surface area contributed by atoms with Gasteiger partial charge >= 0.3 is 0 Å². The number of benzene rings is 2. The van der Waals surface area contributed by atoms with E-state index in [0.29, 0.717) is 11.5 Å². The molecule has 28 heavy (non-hydrogen) atoms. The largest absolute Gasteiger partial charge is 0.328 e. The van der Waals surface area contributed by atoms with Gasteiger partial charge in [0.25, 0.3) is 5.91 Å². The summed E-state index contributed by atoms with van der Waals surface area (Å²) < 4.78 is 1.76. The van der Waals surface area contributed by atoms with Gasteiger partial charge in [-0.05, 0) is 43.0 Å². The molecule has 1 aliphatic rings. The molecule has 2 heterocycles. The Morgan fingerprint density at radius 1 is 1.14 bits per heavy atom. The Balaban J connectivity index is 1.76. The Hall–Kier alpha value is -3.41. The van der Waals surface area contributed by atoms with Crippen molar-refractivity contribution in [1.82, 2.24) is 14.8 Å². The van der Waals surface area contributed by atoms with Crippen LogP contribution in [0.4, 0.5) is 11.6 Å². The van der Waals surface area contributed by atoms with Gasteiger partial charge in [0.05, 0.1) is 5.57 Å². The molecule has 0 saturated carbocycles. The Morgan fingerprint density at radius 2 is 1.89 bits per heavy atom. The highest BCUT2D eigenvalue weighted by Gasteiger charge is 2.33. The van der Waals surface area contributed by atoms with Crippen LogP contribution < -0.4 is 10.6 Å². The molecule has 0 saturated heterocycles. The first kappa shape index (κ1) is 18.0. The molecule has 1 atom stereocenters. The normalized spacial score (nSPS) is 15.8. The van der Waals surface area contributed by atoms with E-state index in [2.05, 4.69) is 51.9 Å². The molecule has 0 radical (unpaired) electrons. The highest BCUT2D eigenvalue weighted by Crippen LogP contribution is 2.35. The fraction of sp³-hybridized carbons (Fsp3) is 0.227. The molecule has 0 fully saturated rings. The van der Waals surface area contributed by atoms with Crippen molar-refractivity contribution in [3.05, 3.63) is 82.8 Å². The van der Waals surface area contributed by atoms with E-state index in [1.807, 2.05) is 38.1 Å². The summed E-state index contributed by atoms with van der Waals surface area (Å²) in [5, 5.41) is 10.6. The lowest BCUT2D eigenvalue weighted by molar-refractivity contribution is -0.113. The molecular formula is C22H23N5O. The molecule has 1 aromatic heterocycles. The number of nitrogens with one attached hydrogen (secondary N) is 2. The lowest BCUT2D eigenvalue weighted by Gasteiger charge is -2.29. The number of amides is 1. The molecule has 0 aliphatic carbocycles. The number of aryl methyl sites for hydroxylation is 2. The number of nitrogens with zero attached hydrogens (tertiary/aromatic N) is 3. The first-order valence-corrected chi connectivity index (χ1v) is 9.41. The molecule has 0 spiro atoms. The van der Waals surface area contributed by atoms with Gasteiger partial charge in [0.1, 0.15) is 12.4 Å². The maximum absolute atomic E-state index is 13.3. The van der Waals surface area contributed by atoms with Crippen molar-refractivity contribution in [1.29, 1.82) is 0 Å². The second-order valence-corrected chi connectivity index (χ2v) is 6.96. The number of para-hydroxylation sites is 1. The van der Waals surface area contributed by atoms with Crippen molar-refractivity contribution in [2.24, 2.45) is 0 Å². The number of anilines is 2. The third-order valence-electron chi connectivity index (χ3n) is 5.14. The Morgan fingerprint density at radius 3 is 2.61 bits per heavy atom. The third-order valence-corrected chi connectivity index (χ3v) is 5.14. The van der Waals surface area contributed by atoms with Gasteiger partial charge in [-0.15, -0.1) is 0 Å². The fourth-order valence-electron chi connectivity index (χ4n) is 3.53. The van der Waals surface area contributed by atoms with Crippen molar-refractivity contribution in [2.45, 2.75) is 33.2 Å². The number of rotatable bonds is 4. The zero-order valence-electron chi connectivity index (χ0n) is 16.2. The molecule has 2 aromatic carbocycles. The van der Waals surface area contributed by atoms with Crippen LogP contribution in [0.1, 0.15) is 36.6 Å². The fourth-order valence-corrected chi connectivity index (χ4v) is 3.53. The highest BCUT2D eigenvalue weighted by atomic mass is 16.1. The predicted octanol–water partition coefficient (Wildman–Crippen LogP) is 4.08. The second-order valence-electron chi connectivity index (χ2n) is 6.96. The average molecular weight is 373 g/mol. The summed E-state index contributed by atoms with van der Waals surface area (Å²) >= 11 is 0. The Bertz CT molecular complexity index is 1050. The monoisotopic (exact) mass is 373 g/mol. The standard InChI is InChI=1S/C22H23N5O/c1-4-16-9-11-17(12-10-16)20-19(15(3)25-22-23-13-24-27(20)22)21(28)26-18-8-6-5-7-14(18)2/h5-13,20H,4H2,1-3H3,(H,26,28)(H,23,24,25). The summed E-state index contributed by atoms with van der Waals surface area (Å²) in [6.45, 7) is 6.00. The van der Waals surface area contributed by atoms with Gasteiger partial charge < -0.3 is 10.6 Å². The number of hydrogen-bond donors (Lipinski definition) is 2. The molecular weight excluding hydrogens is 350 g/mol. The van der Waals surface area contributed by atoms with Crippen molar-refractivity contribution < 1.29 is 4.79 Å². The topological polar surface area (TPSA) is 71.8 Å². The van der Waals surface area contributed by atoms with Crippen LogP contribution in [0.3, 0.4) is 0 Å². The van der Waals surface area contributed by atoms with Crippen molar-refractivity contribution >= 4 is 17.5 Å². The van der Waals surface area contributed by atoms with E-state index in [4.69, 9.17) is 0 Å². The Labute approximate surface area is 164 Å². The van der Waals surface area contributed by atoms with Crippen LogP contribution in [0.2, 0.25) is 0 Å². The summed E-state index contributed by atoms with van der Waals surface area (Å²) in [5.74, 6) is 0.486. The molecule has 0 bridgehead atoms. The predicted molar refractivity (Wildman–Crippen MR) is 110 cm³/mol. The van der Waals surface area contributed by atoms with Crippen LogP contribution in [-0.2, 0) is 11.2 Å². The van der Waals surface area contributed by atoms with Crippen LogP contribution in [0.15, 0.2) is 66.1 Å². The zero-order chi connectivity index (χ0) is 19.7. The molecule has 1 aliphatic heterocycles. The summed E-state index contributed by atoms with van der Waals surface area (Å²) in [7, 11) is 0. The molecule has 3 aromatic rings. The highest BCUT2D eigenvalue weighted by molar-refractivity contribution is 6.06. The van der Waals surface area contributed by atoms with E-state index < -0.39 is 0 Å². The van der Waals surface area contributed by atoms with Crippen LogP contribution >= 0.6 is 0 Å². The molecule has 2 N–H and O–H groups in total. The van der Waals surface area contributed by atoms with E-state index >= 15 is 0 Å². The van der Waals surface area contributed by atoms with Crippen molar-refractivity contribution in [3.8, 4) is 0 Å². The molecule has 4 rings (SSSR count). The second kappa shape index (κ2) is 7.31. The maximum atomic E-state index is 13.3. The Kier molecular flexibility index (Phi) is 4.69. The van der Waals surface area contributed by atoms with Crippen molar-refractivity contribution in [2.75, 3.05) is 10.6 Å². The van der Waals surface area contributed by atoms with Gasteiger partial charge in [0, 0.05) is 11.4 Å². The molecule has 1 unspecified atom stereocenters. The zero-order valence-corrected chi connectivity index (χ0v) is 16.2. The van der Waals surface area contributed by atoms with Crippen molar-refractivity contribution in [3.63, 3.8) is 0 Å².